The number of rotatable bonds is 16. The van der Waals surface area contributed by atoms with Gasteiger partial charge in [-0.25, -0.2) is 46.3 Å². The molecule has 464 valence electrons. The minimum Gasteiger partial charge on any atom is -0.394 e. The fourth-order valence-electron chi connectivity index (χ4n) is 10.7. The van der Waals surface area contributed by atoms with Gasteiger partial charge in [-0.3, -0.25) is 9.59 Å². The van der Waals surface area contributed by atoms with E-state index in [9.17, 15) is 47.6 Å². The number of nitrogens with zero attached hydrogens (tertiary/aromatic N) is 14. The predicted octanol–water partition coefficient (Wildman–Crippen LogP) is 6.67. The Labute approximate surface area is 525 Å². The second-order valence-electron chi connectivity index (χ2n) is 20.6. The minimum atomic E-state index is -1.65. The number of benzene rings is 4. The number of hydrogen-bond donors (Lipinski definition) is 4. The zero-order valence-electron chi connectivity index (χ0n) is 45.6. The molecule has 10 atom stereocenters. The Kier molecular flexibility index (Phi) is 18.8. The number of hydrogen-bond acceptors (Lipinski definition) is 18. The summed E-state index contributed by atoms with van der Waals surface area (Å²) in [5, 5.41) is 70.3. The van der Waals surface area contributed by atoms with Gasteiger partial charge >= 0.3 is 0 Å². The Balaban J connectivity index is 0.848. The molecule has 34 heteroatoms. The van der Waals surface area contributed by atoms with Crippen LogP contribution in [0.3, 0.4) is 0 Å². The molecule has 3 saturated heterocycles. The smallest absolute Gasteiger partial charge is 0.248 e. The van der Waals surface area contributed by atoms with Gasteiger partial charge in [0.2, 0.25) is 11.8 Å². The summed E-state index contributed by atoms with van der Waals surface area (Å²) in [5.74, 6) is -4.98. The van der Waals surface area contributed by atoms with Gasteiger partial charge in [-0.05, 0) is 74.5 Å². The molecule has 4 aromatic heterocycles. The lowest BCUT2D eigenvalue weighted by Gasteiger charge is -2.44. The topological polar surface area (TPSA) is 281 Å². The predicted molar refractivity (Wildman–Crippen MR) is 305 cm³/mol. The summed E-state index contributed by atoms with van der Waals surface area (Å²) >= 11 is 37.7. The second kappa shape index (κ2) is 26.2. The highest BCUT2D eigenvalue weighted by Gasteiger charge is 2.52. The summed E-state index contributed by atoms with van der Waals surface area (Å²) in [5.41, 5.74) is 0.269. The lowest BCUT2D eigenvalue weighted by Crippen LogP contribution is -2.56. The summed E-state index contributed by atoms with van der Waals surface area (Å²) in [6.45, 7) is 0.134. The molecule has 0 bridgehead atoms. The lowest BCUT2D eigenvalue weighted by atomic mass is 9.91. The second-order valence-corrected chi connectivity index (χ2v) is 23.0. The maximum absolute atomic E-state index is 14.7. The number of carbonyl (C=O) groups is 2. The quantitative estimate of drug-likeness (QED) is 0.0580. The minimum absolute atomic E-state index is 0.0333. The molecule has 3 fully saturated rings. The molecule has 0 spiro atoms. The average Bonchev–Trinajstić information content (AvgIpc) is 1.64. The molecular weight excluding hydrogens is 1290 g/mol. The van der Waals surface area contributed by atoms with Crippen molar-refractivity contribution < 1.29 is 66.5 Å². The highest BCUT2D eigenvalue weighted by Crippen LogP contribution is 2.44. The Hall–Kier alpha value is -6.48. The number of aliphatic hydroxyl groups excluding tert-OH is 4. The summed E-state index contributed by atoms with van der Waals surface area (Å²) in [6, 6.07) is 10.2. The number of carbonyl (C=O) groups excluding carboxylic acids is 2. The van der Waals surface area contributed by atoms with Crippen LogP contribution in [0.4, 0.5) is 17.6 Å². The molecule has 0 radical (unpaired) electrons. The largest absolute Gasteiger partial charge is 0.394 e. The van der Waals surface area contributed by atoms with Crippen LogP contribution in [0.15, 0.2) is 73.1 Å². The monoisotopic (exact) mass is 1340 g/mol. The van der Waals surface area contributed by atoms with E-state index < -0.39 is 132 Å². The Bertz CT molecular complexity index is 3640. The van der Waals surface area contributed by atoms with Crippen LogP contribution in [0.1, 0.15) is 47.6 Å². The summed E-state index contributed by atoms with van der Waals surface area (Å²) in [7, 11) is 0. The van der Waals surface area contributed by atoms with Crippen molar-refractivity contribution in [1.82, 2.24) is 69.3 Å². The van der Waals surface area contributed by atoms with Crippen LogP contribution in [0.2, 0.25) is 30.1 Å². The van der Waals surface area contributed by atoms with E-state index in [0.29, 0.717) is 0 Å². The maximum Gasteiger partial charge on any atom is 0.248 e. The van der Waals surface area contributed by atoms with Crippen LogP contribution in [0.25, 0.3) is 33.9 Å². The van der Waals surface area contributed by atoms with Crippen molar-refractivity contribution >= 4 is 81.4 Å². The average molecular weight is 1340 g/mol. The van der Waals surface area contributed by atoms with Gasteiger partial charge < -0.3 is 49.2 Å². The van der Waals surface area contributed by atoms with E-state index in [1.54, 1.807) is 26.0 Å². The van der Waals surface area contributed by atoms with Gasteiger partial charge in [0.25, 0.3) is 0 Å². The highest BCUT2D eigenvalue weighted by atomic mass is 35.5. The number of aromatic nitrogens is 12. The molecule has 0 aliphatic carbocycles. The van der Waals surface area contributed by atoms with Gasteiger partial charge in [-0.1, -0.05) is 80.0 Å². The van der Waals surface area contributed by atoms with Crippen molar-refractivity contribution in [1.29, 1.82) is 0 Å². The molecule has 2 amide bonds. The van der Waals surface area contributed by atoms with Gasteiger partial charge in [0.15, 0.2) is 11.6 Å². The molecule has 24 nitrogen and oxygen atoms in total. The third kappa shape index (κ3) is 12.6. The number of aliphatic hydroxyl groups is 4. The Morgan fingerprint density at radius 1 is 0.580 bits per heavy atom. The third-order valence-electron chi connectivity index (χ3n) is 15.0. The van der Waals surface area contributed by atoms with Crippen LogP contribution in [-0.4, -0.2) is 191 Å². The van der Waals surface area contributed by atoms with E-state index in [-0.39, 0.29) is 103 Å². The van der Waals surface area contributed by atoms with Crippen molar-refractivity contribution in [3.05, 3.63) is 150 Å². The van der Waals surface area contributed by atoms with Crippen LogP contribution in [0.5, 0.6) is 0 Å². The Morgan fingerprint density at radius 2 is 0.943 bits per heavy atom. The zero-order chi connectivity index (χ0) is 62.6. The first-order valence-corrected chi connectivity index (χ1v) is 29.0. The van der Waals surface area contributed by atoms with Crippen molar-refractivity contribution in [2.24, 2.45) is 0 Å². The van der Waals surface area contributed by atoms with Crippen LogP contribution < -0.4 is 0 Å². The van der Waals surface area contributed by atoms with Crippen LogP contribution in [-0.2, 0) is 28.5 Å². The van der Waals surface area contributed by atoms with Gasteiger partial charge in [0, 0.05) is 47.4 Å². The first-order chi connectivity index (χ1) is 42.1. The lowest BCUT2D eigenvalue weighted by molar-refractivity contribution is -0.225. The summed E-state index contributed by atoms with van der Waals surface area (Å²) in [6.07, 6.45) is -9.12. The molecule has 8 aromatic rings. The normalized spacial score (nSPS) is 23.3. The van der Waals surface area contributed by atoms with Crippen molar-refractivity contribution in [3.63, 3.8) is 0 Å². The summed E-state index contributed by atoms with van der Waals surface area (Å²) in [4.78, 5) is 40.8. The van der Waals surface area contributed by atoms with Crippen molar-refractivity contribution in [2.45, 2.75) is 74.8 Å². The molecule has 0 saturated carbocycles. The molecular formula is C54H48Cl6F4N14O10. The van der Waals surface area contributed by atoms with Gasteiger partial charge in [0.1, 0.15) is 130 Å². The van der Waals surface area contributed by atoms with E-state index in [0.717, 1.165) is 33.6 Å². The zero-order valence-corrected chi connectivity index (χ0v) is 50.2. The number of piperazine rings is 1. The molecule has 3 aliphatic heterocycles. The van der Waals surface area contributed by atoms with E-state index in [1.807, 2.05) is 0 Å². The third-order valence-corrected chi connectivity index (χ3v) is 16.8. The molecule has 4 N–H and O–H groups in total. The highest BCUT2D eigenvalue weighted by molar-refractivity contribution is 6.35. The fraction of sp³-hybridized carbons (Fsp3) is 0.370. The van der Waals surface area contributed by atoms with Crippen molar-refractivity contribution in [2.75, 3.05) is 52.6 Å². The van der Waals surface area contributed by atoms with Crippen molar-refractivity contribution in [3.8, 4) is 33.9 Å². The number of aryl methyl sites for hydroxylation is 2. The van der Waals surface area contributed by atoms with Crippen LogP contribution >= 0.6 is 69.6 Å². The standard InChI is InChI=1S/C54H48Cl6F4N14O10/c1-23-65-53(77(69-23)37-15-27(55)3-5-29(37)57)51-49(45(47(83)39(19-79)87-51)75-17-35(67-71-75)25-11-31(61)43(59)32(62)12-25)85-21-41(81)73-7-9-74(10-8-73)42(82)22-86-50-46(76-18-36(68-72-76)26-13-33(63)44(60)34(64)14-26)48(84)40(20-80)88-52(50)54-66-24(2)70-78(54)38-16-28(56)4-6-30(38)58/h3-6,11-18,39-40,45-52,79-80,83-84H,7-10,19-22H2,1-2H3/t39-,40+,45+,46-,47+,48-,49-,50+,51-,52+. The number of amides is 2. The number of ether oxygens (including phenoxy) is 4. The molecule has 4 aromatic carbocycles. The first-order valence-electron chi connectivity index (χ1n) is 26.7. The SMILES string of the molecule is Cc1nc([C@H]2O[C@@H](CO)[C@@H](O)[C@@H](n3cc(-c4cc(F)c(Cl)c(F)c4)nn3)[C@@H]2OCC(=O)N2CCN(C(=O)CO[C@@H]3[C@@H](n4cc(-c5cc(F)c(Cl)c(F)c5)nn4)[C@@H](O)[C@@H](CO)O[C@H]3c3nc(C)nn3-c3cc(Cl)ccc3Cl)CC2)n(-c2cc(Cl)ccc2Cl)n1. The van der Waals surface area contributed by atoms with Gasteiger partial charge in [-0.2, -0.15) is 10.2 Å². The van der Waals surface area contributed by atoms with E-state index in [4.69, 9.17) is 88.6 Å². The Morgan fingerprint density at radius 3 is 1.30 bits per heavy atom. The maximum atomic E-state index is 14.7. The molecule has 3 aliphatic rings. The van der Waals surface area contributed by atoms with Crippen LogP contribution in [0, 0.1) is 37.1 Å². The molecule has 88 heavy (non-hydrogen) atoms. The fourth-order valence-corrected chi connectivity index (χ4v) is 11.7. The molecule has 11 rings (SSSR count). The van der Waals surface area contributed by atoms with Gasteiger partial charge in [-0.15, -0.1) is 10.2 Å². The number of halogens is 10. The molecule has 0 unspecified atom stereocenters. The van der Waals surface area contributed by atoms with Gasteiger partial charge in [0.05, 0.1) is 47.0 Å². The van der Waals surface area contributed by atoms with E-state index in [1.165, 1.54) is 55.8 Å². The molecule has 7 heterocycles. The van der Waals surface area contributed by atoms with E-state index in [2.05, 4.69) is 40.8 Å². The summed E-state index contributed by atoms with van der Waals surface area (Å²) < 4.78 is 89.4. The first kappa shape index (κ1) is 63.1. The van der Waals surface area contributed by atoms with E-state index >= 15 is 0 Å².